The van der Waals surface area contributed by atoms with Crippen LogP contribution in [0.25, 0.3) is 0 Å². The molecule has 1 heterocycles. The maximum atomic E-state index is 6.01. The van der Waals surface area contributed by atoms with Crippen LogP contribution < -0.4 is 5.32 Å². The smallest absolute Gasteiger partial charge is 0.152 e. The van der Waals surface area contributed by atoms with Crippen molar-refractivity contribution in [3.8, 4) is 0 Å². The first-order valence-electron chi connectivity index (χ1n) is 5.25. The van der Waals surface area contributed by atoms with Crippen molar-refractivity contribution in [2.45, 2.75) is 13.5 Å². The number of aryl methyl sites for hydroxylation is 1. The molecule has 88 valence electrons. The van der Waals surface area contributed by atoms with Gasteiger partial charge in [0.1, 0.15) is 0 Å². The van der Waals surface area contributed by atoms with Crippen LogP contribution in [0.15, 0.2) is 41.0 Å². The lowest BCUT2D eigenvalue weighted by Crippen LogP contribution is -2.00. The number of nitrogens with zero attached hydrogens (tertiary/aromatic N) is 1. The summed E-state index contributed by atoms with van der Waals surface area (Å²) in [5.41, 5.74) is 3.16. The van der Waals surface area contributed by atoms with E-state index in [9.17, 15) is 0 Å². The molecule has 0 aliphatic heterocycles. The quantitative estimate of drug-likeness (QED) is 0.849. The fraction of sp³-hybridized carbons (Fsp3) is 0.154. The van der Waals surface area contributed by atoms with Gasteiger partial charge in [-0.05, 0) is 36.2 Å². The minimum absolute atomic E-state index is 0.507. The molecular formula is C13H12BrClN2. The summed E-state index contributed by atoms with van der Waals surface area (Å²) in [6, 6.07) is 10.2. The van der Waals surface area contributed by atoms with Crippen molar-refractivity contribution in [3.05, 3.63) is 57.3 Å². The lowest BCUT2D eigenvalue weighted by molar-refractivity contribution is 1.13. The van der Waals surface area contributed by atoms with E-state index in [-0.39, 0.29) is 0 Å². The number of halogens is 2. The van der Waals surface area contributed by atoms with E-state index in [0.717, 1.165) is 22.3 Å². The zero-order valence-corrected chi connectivity index (χ0v) is 11.7. The summed E-state index contributed by atoms with van der Waals surface area (Å²) >= 11 is 9.42. The fourth-order valence-corrected chi connectivity index (χ4v) is 1.91. The van der Waals surface area contributed by atoms with E-state index in [1.54, 1.807) is 6.20 Å². The Labute approximate surface area is 114 Å². The molecule has 0 atom stereocenters. The molecule has 0 aliphatic rings. The van der Waals surface area contributed by atoms with E-state index >= 15 is 0 Å². The Hall–Kier alpha value is -1.06. The number of hydrogen-bond donors (Lipinski definition) is 1. The molecule has 1 aromatic carbocycles. The molecule has 0 fully saturated rings. The maximum Gasteiger partial charge on any atom is 0.152 e. The van der Waals surface area contributed by atoms with Gasteiger partial charge in [0.25, 0.3) is 0 Å². The highest BCUT2D eigenvalue weighted by atomic mass is 79.9. The summed E-state index contributed by atoms with van der Waals surface area (Å²) < 4.78 is 1.08. The first-order chi connectivity index (χ1) is 8.15. The van der Waals surface area contributed by atoms with Crippen LogP contribution in [0.1, 0.15) is 11.1 Å². The Bertz CT molecular complexity index is 511. The number of pyridine rings is 1. The summed E-state index contributed by atoms with van der Waals surface area (Å²) in [4.78, 5) is 4.10. The first kappa shape index (κ1) is 12.4. The van der Waals surface area contributed by atoms with Gasteiger partial charge in [0.05, 0.1) is 5.69 Å². The second-order valence-electron chi connectivity index (χ2n) is 3.83. The van der Waals surface area contributed by atoms with Crippen molar-refractivity contribution < 1.29 is 0 Å². The Balaban J connectivity index is 2.07. The van der Waals surface area contributed by atoms with Crippen LogP contribution in [0.2, 0.25) is 5.15 Å². The van der Waals surface area contributed by atoms with Crippen molar-refractivity contribution in [2.24, 2.45) is 0 Å². The van der Waals surface area contributed by atoms with Crippen LogP contribution in [-0.4, -0.2) is 4.98 Å². The average molecular weight is 312 g/mol. The third-order valence-corrected chi connectivity index (χ3v) is 3.20. The lowest BCUT2D eigenvalue weighted by atomic mass is 10.2. The topological polar surface area (TPSA) is 24.9 Å². The van der Waals surface area contributed by atoms with Gasteiger partial charge in [-0.2, -0.15) is 0 Å². The van der Waals surface area contributed by atoms with Gasteiger partial charge >= 0.3 is 0 Å². The number of hydrogen-bond acceptors (Lipinski definition) is 2. The molecule has 0 saturated heterocycles. The lowest BCUT2D eigenvalue weighted by Gasteiger charge is -2.08. The highest BCUT2D eigenvalue weighted by molar-refractivity contribution is 9.10. The van der Waals surface area contributed by atoms with Gasteiger partial charge in [0, 0.05) is 17.2 Å². The number of benzene rings is 1. The van der Waals surface area contributed by atoms with Crippen molar-refractivity contribution in [1.82, 2.24) is 4.98 Å². The van der Waals surface area contributed by atoms with Gasteiger partial charge in [-0.25, -0.2) is 4.98 Å². The zero-order chi connectivity index (χ0) is 12.3. The molecule has 1 aromatic heterocycles. The SMILES string of the molecule is Cc1cnc(Cl)c(NCc2ccc(Br)cc2)c1. The van der Waals surface area contributed by atoms with Crippen molar-refractivity contribution in [2.75, 3.05) is 5.32 Å². The normalized spacial score (nSPS) is 10.3. The number of rotatable bonds is 3. The predicted molar refractivity (Wildman–Crippen MR) is 75.5 cm³/mol. The monoisotopic (exact) mass is 310 g/mol. The standard InChI is InChI=1S/C13H12BrClN2/c1-9-6-12(13(15)17-7-9)16-8-10-2-4-11(14)5-3-10/h2-7,16H,8H2,1H3. The Morgan fingerprint density at radius 2 is 2.00 bits per heavy atom. The molecule has 0 saturated carbocycles. The molecule has 1 N–H and O–H groups in total. The maximum absolute atomic E-state index is 6.01. The third-order valence-electron chi connectivity index (χ3n) is 2.37. The molecule has 4 heteroatoms. The van der Waals surface area contributed by atoms with E-state index in [2.05, 4.69) is 38.4 Å². The van der Waals surface area contributed by atoms with Gasteiger partial charge in [0.2, 0.25) is 0 Å². The van der Waals surface area contributed by atoms with Crippen LogP contribution >= 0.6 is 27.5 Å². The molecule has 0 amide bonds. The second-order valence-corrected chi connectivity index (χ2v) is 5.10. The van der Waals surface area contributed by atoms with Gasteiger partial charge < -0.3 is 5.32 Å². The largest absolute Gasteiger partial charge is 0.378 e. The van der Waals surface area contributed by atoms with Crippen molar-refractivity contribution in [3.63, 3.8) is 0 Å². The average Bonchev–Trinajstić information content (AvgIpc) is 2.32. The third kappa shape index (κ3) is 3.45. The van der Waals surface area contributed by atoms with Crippen LogP contribution in [0.5, 0.6) is 0 Å². The van der Waals surface area contributed by atoms with Gasteiger partial charge in [-0.1, -0.05) is 39.7 Å². The molecule has 0 radical (unpaired) electrons. The van der Waals surface area contributed by atoms with E-state index in [0.29, 0.717) is 5.15 Å². The Kier molecular flexibility index (Phi) is 4.02. The Morgan fingerprint density at radius 3 is 2.71 bits per heavy atom. The fourth-order valence-electron chi connectivity index (χ4n) is 1.48. The molecule has 0 unspecified atom stereocenters. The van der Waals surface area contributed by atoms with Gasteiger partial charge in [0.15, 0.2) is 5.15 Å². The molecular weight excluding hydrogens is 300 g/mol. The number of anilines is 1. The summed E-state index contributed by atoms with van der Waals surface area (Å²) in [5, 5.41) is 3.79. The zero-order valence-electron chi connectivity index (χ0n) is 9.37. The summed E-state index contributed by atoms with van der Waals surface area (Å²) in [6.07, 6.45) is 1.76. The summed E-state index contributed by atoms with van der Waals surface area (Å²) in [7, 11) is 0. The van der Waals surface area contributed by atoms with E-state index in [4.69, 9.17) is 11.6 Å². The minimum Gasteiger partial charge on any atom is -0.378 e. The highest BCUT2D eigenvalue weighted by Gasteiger charge is 2.01. The predicted octanol–water partition coefficient (Wildman–Crippen LogP) is 4.42. The Morgan fingerprint density at radius 1 is 1.29 bits per heavy atom. The molecule has 2 nitrogen and oxygen atoms in total. The van der Waals surface area contributed by atoms with Crippen LogP contribution in [0.4, 0.5) is 5.69 Å². The summed E-state index contributed by atoms with van der Waals surface area (Å²) in [6.45, 7) is 2.73. The van der Waals surface area contributed by atoms with Gasteiger partial charge in [-0.3, -0.25) is 0 Å². The molecule has 2 aromatic rings. The summed E-state index contributed by atoms with van der Waals surface area (Å²) in [5.74, 6) is 0. The van der Waals surface area contributed by atoms with Crippen LogP contribution in [-0.2, 0) is 6.54 Å². The van der Waals surface area contributed by atoms with Crippen molar-refractivity contribution >= 4 is 33.2 Å². The van der Waals surface area contributed by atoms with Crippen LogP contribution in [0, 0.1) is 6.92 Å². The molecule has 0 spiro atoms. The molecule has 2 rings (SSSR count). The first-order valence-corrected chi connectivity index (χ1v) is 6.43. The van der Waals surface area contributed by atoms with E-state index in [1.165, 1.54) is 5.56 Å². The molecule has 17 heavy (non-hydrogen) atoms. The molecule has 0 aliphatic carbocycles. The van der Waals surface area contributed by atoms with E-state index in [1.807, 2.05) is 25.1 Å². The van der Waals surface area contributed by atoms with Gasteiger partial charge in [-0.15, -0.1) is 0 Å². The molecule has 0 bridgehead atoms. The second kappa shape index (κ2) is 5.52. The highest BCUT2D eigenvalue weighted by Crippen LogP contribution is 2.20. The number of aromatic nitrogens is 1. The van der Waals surface area contributed by atoms with E-state index < -0.39 is 0 Å². The van der Waals surface area contributed by atoms with Crippen LogP contribution in [0.3, 0.4) is 0 Å². The van der Waals surface area contributed by atoms with Crippen molar-refractivity contribution in [1.29, 1.82) is 0 Å². The number of nitrogens with one attached hydrogen (secondary N) is 1. The minimum atomic E-state index is 0.507.